The smallest absolute Gasteiger partial charge is 0.348 e. The van der Waals surface area contributed by atoms with Crippen LogP contribution in [-0.4, -0.2) is 40.1 Å². The molecule has 0 saturated carbocycles. The van der Waals surface area contributed by atoms with Crippen LogP contribution in [0, 0.1) is 0 Å². The first kappa shape index (κ1) is 16.5. The number of aryl methyl sites for hydroxylation is 1. The summed E-state index contributed by atoms with van der Waals surface area (Å²) < 4.78 is 0. The monoisotopic (exact) mass is 348 g/mol. The number of rotatable bonds is 4. The first-order valence-corrected chi connectivity index (χ1v) is 8.76. The molecular weight excluding hydrogens is 328 g/mol. The summed E-state index contributed by atoms with van der Waals surface area (Å²) >= 11 is 1.13. The van der Waals surface area contributed by atoms with Crippen molar-refractivity contribution in [2.75, 3.05) is 23.7 Å². The zero-order valence-electron chi connectivity index (χ0n) is 13.4. The average Bonchev–Trinajstić information content (AvgIpc) is 2.92. The van der Waals surface area contributed by atoms with E-state index >= 15 is 0 Å². The molecule has 2 aromatic heterocycles. The number of hydrogen-bond donors (Lipinski definition) is 3. The maximum atomic E-state index is 11.4. The molecule has 0 amide bonds. The second-order valence-corrected chi connectivity index (χ2v) is 6.87. The molecule has 1 aliphatic heterocycles. The number of nitrogen functional groups attached to an aromatic ring is 1. The van der Waals surface area contributed by atoms with Crippen LogP contribution in [0.4, 0.5) is 11.5 Å². The summed E-state index contributed by atoms with van der Waals surface area (Å²) in [5, 5.41) is 22.3. The van der Waals surface area contributed by atoms with Gasteiger partial charge in [0.05, 0.1) is 11.4 Å². The average molecular weight is 348 g/mol. The fourth-order valence-corrected chi connectivity index (χ4v) is 4.04. The lowest BCUT2D eigenvalue weighted by atomic mass is 10.0. The highest BCUT2D eigenvalue weighted by molar-refractivity contribution is 7.21. The van der Waals surface area contributed by atoms with Crippen LogP contribution in [0.15, 0.2) is 11.2 Å². The summed E-state index contributed by atoms with van der Waals surface area (Å²) in [4.78, 5) is 19.0. The van der Waals surface area contributed by atoms with Gasteiger partial charge >= 0.3 is 5.97 Å². The predicted molar refractivity (Wildman–Crippen MR) is 95.7 cm³/mol. The van der Waals surface area contributed by atoms with Gasteiger partial charge in [-0.25, -0.2) is 9.78 Å². The lowest BCUT2D eigenvalue weighted by molar-refractivity contribution is 0.0703. The molecule has 1 aliphatic rings. The van der Waals surface area contributed by atoms with Gasteiger partial charge in [-0.15, -0.1) is 11.3 Å². The third-order valence-electron chi connectivity index (χ3n) is 4.29. The van der Waals surface area contributed by atoms with Gasteiger partial charge in [0.1, 0.15) is 15.5 Å². The number of piperidine rings is 1. The van der Waals surface area contributed by atoms with Crippen LogP contribution < -0.4 is 10.6 Å². The Morgan fingerprint density at radius 1 is 1.46 bits per heavy atom. The van der Waals surface area contributed by atoms with Crippen molar-refractivity contribution in [1.29, 1.82) is 0 Å². The highest BCUT2D eigenvalue weighted by Crippen LogP contribution is 2.37. The summed E-state index contributed by atoms with van der Waals surface area (Å²) in [7, 11) is 0. The number of aromatic nitrogens is 1. The SMILES string of the molecule is CCCc1cc(N2CCC(=NO)CC2)nc2sc(C(=O)O)c(N)c12. The van der Waals surface area contributed by atoms with Gasteiger partial charge in [-0.2, -0.15) is 0 Å². The molecule has 3 heterocycles. The molecule has 0 spiro atoms. The van der Waals surface area contributed by atoms with Gasteiger partial charge in [0.2, 0.25) is 0 Å². The van der Waals surface area contributed by atoms with Gasteiger partial charge in [-0.1, -0.05) is 18.5 Å². The van der Waals surface area contributed by atoms with Crippen LogP contribution in [0.2, 0.25) is 0 Å². The zero-order valence-corrected chi connectivity index (χ0v) is 14.3. The molecular formula is C16H20N4O3S. The van der Waals surface area contributed by atoms with E-state index in [1.54, 1.807) is 0 Å². The molecule has 3 rings (SSSR count). The van der Waals surface area contributed by atoms with Crippen molar-refractivity contribution < 1.29 is 15.1 Å². The topological polar surface area (TPSA) is 112 Å². The van der Waals surface area contributed by atoms with E-state index in [9.17, 15) is 9.90 Å². The molecule has 0 aliphatic carbocycles. The second kappa shape index (κ2) is 6.64. The molecule has 2 aromatic rings. The first-order chi connectivity index (χ1) is 11.5. The van der Waals surface area contributed by atoms with Crippen LogP contribution in [0.3, 0.4) is 0 Å². The number of nitrogens with zero attached hydrogens (tertiary/aromatic N) is 3. The number of nitrogens with two attached hydrogens (primary N) is 1. The van der Waals surface area contributed by atoms with E-state index < -0.39 is 5.97 Å². The Labute approximate surface area is 143 Å². The molecule has 0 bridgehead atoms. The zero-order chi connectivity index (χ0) is 17.3. The highest BCUT2D eigenvalue weighted by atomic mass is 32.1. The van der Waals surface area contributed by atoms with E-state index in [1.165, 1.54) is 0 Å². The van der Waals surface area contributed by atoms with Crippen molar-refractivity contribution in [1.82, 2.24) is 4.98 Å². The number of fused-ring (bicyclic) bond motifs is 1. The Bertz CT molecular complexity index is 805. The normalized spacial score (nSPS) is 15.0. The summed E-state index contributed by atoms with van der Waals surface area (Å²) in [6, 6.07) is 2.02. The molecule has 7 nitrogen and oxygen atoms in total. The Hall–Kier alpha value is -2.35. The minimum atomic E-state index is -1.01. The second-order valence-electron chi connectivity index (χ2n) is 5.87. The van der Waals surface area contributed by atoms with Crippen LogP contribution in [0.25, 0.3) is 10.2 Å². The van der Waals surface area contributed by atoms with Gasteiger partial charge in [0, 0.05) is 31.3 Å². The van der Waals surface area contributed by atoms with Crippen LogP contribution in [0.5, 0.6) is 0 Å². The van der Waals surface area contributed by atoms with E-state index in [1.807, 2.05) is 6.07 Å². The standard InChI is InChI=1S/C16H20N4O3S/c1-2-3-9-8-11(20-6-4-10(19-23)5-7-20)18-15-12(9)13(17)14(24-15)16(21)22/h8,23H,2-7,17H2,1H3,(H,21,22). The third-order valence-corrected chi connectivity index (χ3v) is 5.37. The minimum absolute atomic E-state index is 0.153. The van der Waals surface area contributed by atoms with Gasteiger partial charge < -0.3 is 20.9 Å². The van der Waals surface area contributed by atoms with Crippen molar-refractivity contribution in [2.24, 2.45) is 5.16 Å². The predicted octanol–water partition coefficient (Wildman–Crippen LogP) is 2.96. The molecule has 0 radical (unpaired) electrons. The fraction of sp³-hybridized carbons (Fsp3) is 0.438. The maximum absolute atomic E-state index is 11.4. The summed E-state index contributed by atoms with van der Waals surface area (Å²) in [6.07, 6.45) is 3.17. The number of thiophene rings is 1. The lowest BCUT2D eigenvalue weighted by Crippen LogP contribution is -2.34. The number of carbonyl (C=O) groups is 1. The number of oxime groups is 1. The highest BCUT2D eigenvalue weighted by Gasteiger charge is 2.22. The fourth-order valence-electron chi connectivity index (χ4n) is 3.07. The van der Waals surface area contributed by atoms with Gasteiger partial charge in [0.15, 0.2) is 0 Å². The van der Waals surface area contributed by atoms with Gasteiger partial charge in [-0.3, -0.25) is 0 Å². The Morgan fingerprint density at radius 2 is 2.17 bits per heavy atom. The molecule has 4 N–H and O–H groups in total. The van der Waals surface area contributed by atoms with Crippen molar-refractivity contribution >= 4 is 44.7 Å². The summed E-state index contributed by atoms with van der Waals surface area (Å²) in [5.74, 6) is -0.178. The largest absolute Gasteiger partial charge is 0.477 e. The van der Waals surface area contributed by atoms with E-state index in [0.29, 0.717) is 23.4 Å². The summed E-state index contributed by atoms with van der Waals surface area (Å²) in [6.45, 7) is 3.55. The number of carboxylic acids is 1. The van der Waals surface area contributed by atoms with Crippen LogP contribution in [-0.2, 0) is 6.42 Å². The number of hydrogen-bond acceptors (Lipinski definition) is 7. The number of anilines is 2. The van der Waals surface area contributed by atoms with Crippen molar-refractivity contribution in [3.63, 3.8) is 0 Å². The van der Waals surface area contributed by atoms with Gasteiger partial charge in [-0.05, 0) is 18.1 Å². The van der Waals surface area contributed by atoms with Gasteiger partial charge in [0.25, 0.3) is 0 Å². The molecule has 1 saturated heterocycles. The Balaban J connectivity index is 2.05. The van der Waals surface area contributed by atoms with Crippen molar-refractivity contribution in [3.8, 4) is 0 Å². The quantitative estimate of drug-likeness (QED) is 0.578. The molecule has 8 heteroatoms. The molecule has 1 fully saturated rings. The molecule has 0 atom stereocenters. The number of carboxylic acid groups (broad SMARTS) is 1. The van der Waals surface area contributed by atoms with Crippen molar-refractivity contribution in [2.45, 2.75) is 32.6 Å². The van der Waals surface area contributed by atoms with Crippen LogP contribution >= 0.6 is 11.3 Å². The Kier molecular flexibility index (Phi) is 4.57. The number of aromatic carboxylic acids is 1. The van der Waals surface area contributed by atoms with E-state index in [0.717, 1.165) is 59.7 Å². The molecule has 0 aromatic carbocycles. The molecule has 0 unspecified atom stereocenters. The maximum Gasteiger partial charge on any atom is 0.348 e. The third kappa shape index (κ3) is 2.89. The van der Waals surface area contributed by atoms with Crippen LogP contribution in [0.1, 0.15) is 41.4 Å². The van der Waals surface area contributed by atoms with Crippen molar-refractivity contribution in [3.05, 3.63) is 16.5 Å². The van der Waals surface area contributed by atoms with E-state index in [-0.39, 0.29) is 4.88 Å². The molecule has 24 heavy (non-hydrogen) atoms. The summed E-state index contributed by atoms with van der Waals surface area (Å²) in [5.41, 5.74) is 8.23. The van der Waals surface area contributed by atoms with E-state index in [2.05, 4.69) is 22.0 Å². The lowest BCUT2D eigenvalue weighted by Gasteiger charge is -2.28. The minimum Gasteiger partial charge on any atom is -0.477 e. The number of pyridine rings is 1. The molecule has 128 valence electrons. The van der Waals surface area contributed by atoms with E-state index in [4.69, 9.17) is 10.9 Å². The first-order valence-electron chi connectivity index (χ1n) is 7.95. The Morgan fingerprint density at radius 3 is 2.75 bits per heavy atom.